The van der Waals surface area contributed by atoms with Gasteiger partial charge in [0.25, 0.3) is 0 Å². The van der Waals surface area contributed by atoms with Crippen molar-refractivity contribution in [1.82, 2.24) is 20.4 Å². The summed E-state index contributed by atoms with van der Waals surface area (Å²) in [5.74, 6) is 0.390. The van der Waals surface area contributed by atoms with Gasteiger partial charge in [0.15, 0.2) is 0 Å². The van der Waals surface area contributed by atoms with Crippen LogP contribution in [-0.4, -0.2) is 79.5 Å². The maximum absolute atomic E-state index is 13.9. The van der Waals surface area contributed by atoms with Crippen LogP contribution in [0.15, 0.2) is 24.4 Å². The highest BCUT2D eigenvalue weighted by atomic mass is 16.5. The SMILES string of the molecule is CC[C@H](C)[C@@H](C(=O)N1CC[C@H]2Oc3ccc(OC)c(c3)/C=C/NC(=O)[C@@H]([C@@H](C)CC)NC(=O)[C@H]21)N(C)C. The van der Waals surface area contributed by atoms with Crippen molar-refractivity contribution in [3.63, 3.8) is 0 Å². The lowest BCUT2D eigenvalue weighted by molar-refractivity contribution is -0.145. The largest absolute Gasteiger partial charge is 0.496 e. The molecule has 2 aliphatic heterocycles. The number of carbonyl (C=O) groups excluding carboxylic acids is 3. The van der Waals surface area contributed by atoms with Crippen molar-refractivity contribution in [2.45, 2.75) is 71.2 Å². The molecule has 1 aromatic rings. The number of fused-ring (bicyclic) bond motifs is 3. The monoisotopic (exact) mass is 514 g/mol. The second kappa shape index (κ2) is 12.4. The van der Waals surface area contributed by atoms with Gasteiger partial charge in [-0.15, -0.1) is 0 Å². The van der Waals surface area contributed by atoms with Gasteiger partial charge in [0, 0.05) is 24.7 Å². The topological polar surface area (TPSA) is 100 Å². The first kappa shape index (κ1) is 28.5. The number of amides is 3. The van der Waals surface area contributed by atoms with Crippen LogP contribution in [0.3, 0.4) is 0 Å². The Labute approximate surface area is 220 Å². The van der Waals surface area contributed by atoms with Gasteiger partial charge in [0.05, 0.1) is 13.2 Å². The number of likely N-dealkylation sites (tertiary alicyclic amines) is 1. The van der Waals surface area contributed by atoms with Gasteiger partial charge in [0.2, 0.25) is 17.7 Å². The number of benzene rings is 1. The van der Waals surface area contributed by atoms with Gasteiger partial charge in [0.1, 0.15) is 29.7 Å². The fourth-order valence-corrected chi connectivity index (χ4v) is 5.15. The molecule has 37 heavy (non-hydrogen) atoms. The molecule has 9 heteroatoms. The zero-order valence-electron chi connectivity index (χ0n) is 23.1. The number of nitrogens with zero attached hydrogens (tertiary/aromatic N) is 2. The first-order valence-corrected chi connectivity index (χ1v) is 13.2. The highest BCUT2D eigenvalue weighted by Crippen LogP contribution is 2.31. The molecule has 0 aromatic heterocycles. The molecular weight excluding hydrogens is 472 g/mol. The third kappa shape index (κ3) is 6.26. The van der Waals surface area contributed by atoms with E-state index in [1.807, 2.05) is 45.8 Å². The van der Waals surface area contributed by atoms with Crippen molar-refractivity contribution < 1.29 is 23.9 Å². The Kier molecular flexibility index (Phi) is 9.59. The minimum atomic E-state index is -0.863. The maximum atomic E-state index is 13.9. The fourth-order valence-electron chi connectivity index (χ4n) is 5.15. The molecule has 0 saturated carbocycles. The molecule has 1 saturated heterocycles. The van der Waals surface area contributed by atoms with Gasteiger partial charge in [-0.1, -0.05) is 40.5 Å². The van der Waals surface area contributed by atoms with Crippen molar-refractivity contribution in [3.8, 4) is 11.5 Å². The van der Waals surface area contributed by atoms with Crippen LogP contribution in [-0.2, 0) is 14.4 Å². The minimum absolute atomic E-state index is 0.100. The van der Waals surface area contributed by atoms with Crippen LogP contribution in [0.25, 0.3) is 6.08 Å². The number of ether oxygens (including phenoxy) is 2. The second-order valence-electron chi connectivity index (χ2n) is 10.3. The molecule has 2 N–H and O–H groups in total. The highest BCUT2D eigenvalue weighted by molar-refractivity contribution is 5.94. The number of hydrogen-bond acceptors (Lipinski definition) is 6. The maximum Gasteiger partial charge on any atom is 0.247 e. The third-order valence-electron chi connectivity index (χ3n) is 7.66. The van der Waals surface area contributed by atoms with Crippen LogP contribution >= 0.6 is 0 Å². The average Bonchev–Trinajstić information content (AvgIpc) is 3.29. The number of nitrogens with one attached hydrogen (secondary N) is 2. The van der Waals surface area contributed by atoms with E-state index in [2.05, 4.69) is 17.6 Å². The molecule has 2 aliphatic rings. The van der Waals surface area contributed by atoms with E-state index in [1.165, 1.54) is 0 Å². The van der Waals surface area contributed by atoms with Crippen molar-refractivity contribution >= 4 is 23.8 Å². The highest BCUT2D eigenvalue weighted by Gasteiger charge is 2.47. The van der Waals surface area contributed by atoms with E-state index in [4.69, 9.17) is 9.47 Å². The van der Waals surface area contributed by atoms with Crippen LogP contribution in [0.1, 0.15) is 52.5 Å². The summed E-state index contributed by atoms with van der Waals surface area (Å²) in [6, 6.07) is 3.40. The molecule has 204 valence electrons. The lowest BCUT2D eigenvalue weighted by Gasteiger charge is -2.36. The van der Waals surface area contributed by atoms with E-state index in [0.717, 1.165) is 12.0 Å². The van der Waals surface area contributed by atoms with Gasteiger partial charge in [-0.05, 0) is 50.2 Å². The molecule has 0 aliphatic carbocycles. The minimum Gasteiger partial charge on any atom is -0.496 e. The summed E-state index contributed by atoms with van der Waals surface area (Å²) in [4.78, 5) is 44.4. The zero-order valence-corrected chi connectivity index (χ0v) is 23.1. The second-order valence-corrected chi connectivity index (χ2v) is 10.3. The number of likely N-dealkylation sites (N-methyl/N-ethyl adjacent to an activating group) is 1. The number of rotatable bonds is 7. The number of methoxy groups -OCH3 is 1. The molecule has 3 rings (SSSR count). The lowest BCUT2D eigenvalue weighted by atomic mass is 9.96. The van der Waals surface area contributed by atoms with E-state index < -0.39 is 18.2 Å². The van der Waals surface area contributed by atoms with Gasteiger partial charge >= 0.3 is 0 Å². The quantitative estimate of drug-likeness (QED) is 0.580. The van der Waals surface area contributed by atoms with E-state index in [-0.39, 0.29) is 35.6 Å². The van der Waals surface area contributed by atoms with Gasteiger partial charge in [-0.2, -0.15) is 0 Å². The summed E-state index contributed by atoms with van der Waals surface area (Å²) in [5.41, 5.74) is 0.728. The third-order valence-corrected chi connectivity index (χ3v) is 7.66. The summed E-state index contributed by atoms with van der Waals surface area (Å²) in [7, 11) is 5.35. The Balaban J connectivity index is 2.05. The summed E-state index contributed by atoms with van der Waals surface area (Å²) in [6.45, 7) is 8.40. The summed E-state index contributed by atoms with van der Waals surface area (Å²) < 4.78 is 11.8. The normalized spacial score (nSPS) is 25.3. The molecule has 6 atom stereocenters. The molecular formula is C28H42N4O5. The van der Waals surface area contributed by atoms with Crippen LogP contribution in [0.2, 0.25) is 0 Å². The van der Waals surface area contributed by atoms with E-state index in [0.29, 0.717) is 30.9 Å². The Morgan fingerprint density at radius 2 is 1.92 bits per heavy atom. The van der Waals surface area contributed by atoms with E-state index >= 15 is 0 Å². The first-order valence-electron chi connectivity index (χ1n) is 13.2. The van der Waals surface area contributed by atoms with Crippen molar-refractivity contribution in [2.24, 2.45) is 11.8 Å². The molecule has 1 aromatic carbocycles. The molecule has 2 heterocycles. The standard InChI is InChI=1S/C28H42N4O5/c1-8-17(3)23-26(33)29-14-12-19-16-20(10-11-21(19)36-7)37-22-13-15-32(25(22)27(34)30-23)28(35)24(31(5)6)18(4)9-2/h10-12,14,16-18,22-25H,8-9,13,15H2,1-7H3,(H,29,33)(H,30,34)/b14-12+/t17-,18-,22+,23+,24-,25-/m0/s1. The number of carbonyl (C=O) groups is 3. The number of hydrogen-bond donors (Lipinski definition) is 2. The smallest absolute Gasteiger partial charge is 0.247 e. The molecule has 2 bridgehead atoms. The lowest BCUT2D eigenvalue weighted by Crippen LogP contribution is -2.60. The Morgan fingerprint density at radius 1 is 1.19 bits per heavy atom. The Morgan fingerprint density at radius 3 is 2.54 bits per heavy atom. The average molecular weight is 515 g/mol. The van der Waals surface area contributed by atoms with Crippen LogP contribution in [0.5, 0.6) is 11.5 Å². The molecule has 0 unspecified atom stereocenters. The Hall–Kier alpha value is -3.07. The van der Waals surface area contributed by atoms with Gasteiger partial charge in [-0.3, -0.25) is 19.3 Å². The molecule has 0 spiro atoms. The Bertz CT molecular complexity index is 1010. The molecule has 9 nitrogen and oxygen atoms in total. The van der Waals surface area contributed by atoms with Gasteiger partial charge in [-0.25, -0.2) is 0 Å². The van der Waals surface area contributed by atoms with Crippen molar-refractivity contribution in [1.29, 1.82) is 0 Å². The predicted molar refractivity (Wildman–Crippen MR) is 143 cm³/mol. The first-order chi connectivity index (χ1) is 17.6. The summed E-state index contributed by atoms with van der Waals surface area (Å²) in [6.07, 6.45) is 4.76. The summed E-state index contributed by atoms with van der Waals surface area (Å²) >= 11 is 0. The molecule has 3 amide bonds. The fraction of sp³-hybridized carbons (Fsp3) is 0.607. The van der Waals surface area contributed by atoms with Crippen molar-refractivity contribution in [2.75, 3.05) is 27.7 Å². The van der Waals surface area contributed by atoms with Crippen LogP contribution in [0.4, 0.5) is 0 Å². The van der Waals surface area contributed by atoms with E-state index in [9.17, 15) is 14.4 Å². The summed E-state index contributed by atoms with van der Waals surface area (Å²) in [5, 5.41) is 5.76. The van der Waals surface area contributed by atoms with Crippen LogP contribution in [0, 0.1) is 11.8 Å². The van der Waals surface area contributed by atoms with Crippen molar-refractivity contribution in [3.05, 3.63) is 30.0 Å². The predicted octanol–water partition coefficient (Wildman–Crippen LogP) is 2.65. The van der Waals surface area contributed by atoms with E-state index in [1.54, 1.807) is 36.4 Å². The zero-order chi connectivity index (χ0) is 27.3. The molecule has 0 radical (unpaired) electrons. The van der Waals surface area contributed by atoms with Crippen LogP contribution < -0.4 is 20.1 Å². The van der Waals surface area contributed by atoms with Gasteiger partial charge < -0.3 is 25.0 Å². The molecule has 1 fully saturated rings.